The third-order valence-electron chi connectivity index (χ3n) is 2.81. The van der Waals surface area contributed by atoms with Gasteiger partial charge in [0.2, 0.25) is 0 Å². The molecule has 106 valence electrons. The Balaban J connectivity index is 2.13. The number of carbonyl (C=O) groups excluding carboxylic acids is 1. The van der Waals surface area contributed by atoms with E-state index < -0.39 is 17.5 Å². The molecule has 0 saturated carbocycles. The highest BCUT2D eigenvalue weighted by molar-refractivity contribution is 6.03. The molecule has 4 nitrogen and oxygen atoms in total. The maximum Gasteiger partial charge on any atom is 0.257 e. The Labute approximate surface area is 115 Å². The predicted octanol–water partition coefficient (Wildman–Crippen LogP) is 3.21. The molecule has 0 atom stereocenters. The summed E-state index contributed by atoms with van der Waals surface area (Å²) in [4.78, 5) is 12.0. The fraction of sp³-hybridized carbons (Fsp3) is 0.286. The largest absolute Gasteiger partial charge is 0.307 e. The molecule has 1 aromatic heterocycles. The Morgan fingerprint density at radius 1 is 1.30 bits per heavy atom. The van der Waals surface area contributed by atoms with Crippen LogP contribution in [0.2, 0.25) is 0 Å². The van der Waals surface area contributed by atoms with Crippen LogP contribution in [0, 0.1) is 11.6 Å². The molecule has 1 N–H and O–H groups in total. The van der Waals surface area contributed by atoms with E-state index in [1.165, 1.54) is 0 Å². The first-order valence-electron chi connectivity index (χ1n) is 6.39. The molecule has 2 rings (SSSR count). The van der Waals surface area contributed by atoms with Crippen LogP contribution < -0.4 is 5.32 Å². The molecule has 0 unspecified atom stereocenters. The van der Waals surface area contributed by atoms with Gasteiger partial charge in [-0.05, 0) is 18.6 Å². The minimum Gasteiger partial charge on any atom is -0.307 e. The van der Waals surface area contributed by atoms with Gasteiger partial charge in [0.25, 0.3) is 5.91 Å². The molecule has 1 aromatic carbocycles. The number of nitrogens with zero attached hydrogens (tertiary/aromatic N) is 2. The van der Waals surface area contributed by atoms with Gasteiger partial charge in [0.05, 0.1) is 6.20 Å². The minimum absolute atomic E-state index is 0.0641. The van der Waals surface area contributed by atoms with Gasteiger partial charge in [-0.3, -0.25) is 4.79 Å². The summed E-state index contributed by atoms with van der Waals surface area (Å²) in [6.45, 7) is 2.73. The number of nitrogens with one attached hydrogen (secondary N) is 1. The molecular weight excluding hydrogens is 264 g/mol. The number of rotatable bonds is 5. The zero-order valence-electron chi connectivity index (χ0n) is 11.1. The number of halogens is 2. The second kappa shape index (κ2) is 6.27. The molecule has 1 amide bonds. The van der Waals surface area contributed by atoms with E-state index in [1.807, 2.05) is 0 Å². The molecule has 1 heterocycles. The smallest absolute Gasteiger partial charge is 0.257 e. The van der Waals surface area contributed by atoms with Crippen LogP contribution in [-0.4, -0.2) is 15.7 Å². The van der Waals surface area contributed by atoms with Crippen LogP contribution in [0.4, 0.5) is 14.6 Å². The van der Waals surface area contributed by atoms with Crippen LogP contribution in [0.5, 0.6) is 0 Å². The van der Waals surface area contributed by atoms with Crippen LogP contribution in [0.15, 0.2) is 30.5 Å². The van der Waals surface area contributed by atoms with Crippen LogP contribution in [0.25, 0.3) is 0 Å². The van der Waals surface area contributed by atoms with Gasteiger partial charge in [-0.1, -0.05) is 13.3 Å². The second-order valence-corrected chi connectivity index (χ2v) is 4.41. The maximum atomic E-state index is 13.1. The lowest BCUT2D eigenvalue weighted by Crippen LogP contribution is -2.16. The number of carbonyl (C=O) groups is 1. The van der Waals surface area contributed by atoms with Gasteiger partial charge in [0, 0.05) is 24.2 Å². The Morgan fingerprint density at radius 3 is 2.65 bits per heavy atom. The van der Waals surface area contributed by atoms with E-state index in [0.717, 1.165) is 31.0 Å². The van der Waals surface area contributed by atoms with Gasteiger partial charge < -0.3 is 5.32 Å². The number of amides is 1. The lowest BCUT2D eigenvalue weighted by atomic mass is 10.2. The summed E-state index contributed by atoms with van der Waals surface area (Å²) in [6.07, 6.45) is 3.50. The summed E-state index contributed by atoms with van der Waals surface area (Å²) in [5, 5.41) is 6.69. The molecule has 0 fully saturated rings. The van der Waals surface area contributed by atoms with E-state index in [2.05, 4.69) is 17.3 Å². The minimum atomic E-state index is -0.783. The zero-order valence-corrected chi connectivity index (χ0v) is 11.1. The van der Waals surface area contributed by atoms with Crippen molar-refractivity contribution < 1.29 is 13.6 Å². The van der Waals surface area contributed by atoms with E-state index in [4.69, 9.17) is 0 Å². The SMILES string of the molecule is CCCCn1nccc1NC(=O)c1cc(F)cc(F)c1. The first kappa shape index (κ1) is 14.2. The van der Waals surface area contributed by atoms with E-state index in [1.54, 1.807) is 16.9 Å². The third kappa shape index (κ3) is 3.40. The second-order valence-electron chi connectivity index (χ2n) is 4.41. The predicted molar refractivity (Wildman–Crippen MR) is 71.4 cm³/mol. The number of hydrogen-bond acceptors (Lipinski definition) is 2. The number of benzene rings is 1. The molecule has 0 saturated heterocycles. The molecular formula is C14H15F2N3O. The fourth-order valence-corrected chi connectivity index (χ4v) is 1.80. The van der Waals surface area contributed by atoms with Crippen molar-refractivity contribution in [1.82, 2.24) is 9.78 Å². The molecule has 0 aliphatic heterocycles. The van der Waals surface area contributed by atoms with Crippen LogP contribution in [0.1, 0.15) is 30.1 Å². The van der Waals surface area contributed by atoms with Crippen molar-refractivity contribution in [2.75, 3.05) is 5.32 Å². The van der Waals surface area contributed by atoms with Crippen molar-refractivity contribution in [3.05, 3.63) is 47.7 Å². The average Bonchev–Trinajstić information content (AvgIpc) is 2.82. The normalized spacial score (nSPS) is 10.6. The summed E-state index contributed by atoms with van der Waals surface area (Å²) in [5.41, 5.74) is -0.0641. The molecule has 0 radical (unpaired) electrons. The van der Waals surface area contributed by atoms with Crippen LogP contribution in [0.3, 0.4) is 0 Å². The summed E-state index contributed by atoms with van der Waals surface area (Å²) in [6, 6.07) is 4.35. The third-order valence-corrected chi connectivity index (χ3v) is 2.81. The molecule has 20 heavy (non-hydrogen) atoms. The van der Waals surface area contributed by atoms with Gasteiger partial charge in [0.1, 0.15) is 17.5 Å². The lowest BCUT2D eigenvalue weighted by Gasteiger charge is -2.08. The van der Waals surface area contributed by atoms with Crippen LogP contribution in [-0.2, 0) is 6.54 Å². The fourth-order valence-electron chi connectivity index (χ4n) is 1.80. The molecule has 0 bridgehead atoms. The summed E-state index contributed by atoms with van der Waals surface area (Å²) < 4.78 is 27.8. The Kier molecular flexibility index (Phi) is 4.45. The van der Waals surface area contributed by atoms with E-state index in [0.29, 0.717) is 12.4 Å². The maximum absolute atomic E-state index is 13.1. The summed E-state index contributed by atoms with van der Waals surface area (Å²) in [5.74, 6) is -1.63. The van der Waals surface area contributed by atoms with Crippen molar-refractivity contribution in [1.29, 1.82) is 0 Å². The molecule has 0 spiro atoms. The first-order valence-corrected chi connectivity index (χ1v) is 6.39. The topological polar surface area (TPSA) is 46.9 Å². The van der Waals surface area contributed by atoms with E-state index in [9.17, 15) is 13.6 Å². The standard InChI is InChI=1S/C14H15F2N3O/c1-2-3-6-19-13(4-5-17-19)18-14(20)10-7-11(15)9-12(16)8-10/h4-5,7-9H,2-3,6H2,1H3,(H,18,20). The summed E-state index contributed by atoms with van der Waals surface area (Å²) in [7, 11) is 0. The van der Waals surface area contributed by atoms with Gasteiger partial charge in [-0.25, -0.2) is 13.5 Å². The number of aryl methyl sites for hydroxylation is 1. The number of hydrogen-bond donors (Lipinski definition) is 1. The monoisotopic (exact) mass is 279 g/mol. The van der Waals surface area contributed by atoms with Crippen molar-refractivity contribution in [3.63, 3.8) is 0 Å². The van der Waals surface area contributed by atoms with Gasteiger partial charge in [0.15, 0.2) is 0 Å². The average molecular weight is 279 g/mol. The Bertz CT molecular complexity index is 590. The summed E-state index contributed by atoms with van der Waals surface area (Å²) >= 11 is 0. The highest BCUT2D eigenvalue weighted by atomic mass is 19.1. The Hall–Kier alpha value is -2.24. The van der Waals surface area contributed by atoms with Crippen molar-refractivity contribution in [2.45, 2.75) is 26.3 Å². The van der Waals surface area contributed by atoms with Crippen molar-refractivity contribution >= 4 is 11.7 Å². The van der Waals surface area contributed by atoms with Crippen molar-refractivity contribution in [3.8, 4) is 0 Å². The zero-order chi connectivity index (χ0) is 14.5. The quantitative estimate of drug-likeness (QED) is 0.913. The van der Waals surface area contributed by atoms with Crippen LogP contribution >= 0.6 is 0 Å². The highest BCUT2D eigenvalue weighted by Crippen LogP contribution is 2.12. The van der Waals surface area contributed by atoms with Gasteiger partial charge >= 0.3 is 0 Å². The number of aromatic nitrogens is 2. The number of unbranched alkanes of at least 4 members (excludes halogenated alkanes) is 1. The van der Waals surface area contributed by atoms with Crippen molar-refractivity contribution in [2.24, 2.45) is 0 Å². The lowest BCUT2D eigenvalue weighted by molar-refractivity contribution is 0.102. The molecule has 6 heteroatoms. The number of anilines is 1. The first-order chi connectivity index (χ1) is 9.60. The highest BCUT2D eigenvalue weighted by Gasteiger charge is 2.11. The molecule has 2 aromatic rings. The van der Waals surface area contributed by atoms with Gasteiger partial charge in [-0.2, -0.15) is 5.10 Å². The Morgan fingerprint density at radius 2 is 2.00 bits per heavy atom. The molecule has 0 aliphatic carbocycles. The van der Waals surface area contributed by atoms with E-state index >= 15 is 0 Å². The van der Waals surface area contributed by atoms with E-state index in [-0.39, 0.29) is 5.56 Å². The molecule has 0 aliphatic rings. The van der Waals surface area contributed by atoms with Gasteiger partial charge in [-0.15, -0.1) is 0 Å².